The number of halogens is 2. The van der Waals surface area contributed by atoms with E-state index in [0.29, 0.717) is 54.1 Å². The number of aliphatic hydroxyl groups is 1. The molecule has 47 heavy (non-hydrogen) atoms. The number of phenolic OH excluding ortho intramolecular Hbond substituents is 1. The van der Waals surface area contributed by atoms with Crippen molar-refractivity contribution in [3.05, 3.63) is 56.5 Å². The number of phenols is 1. The van der Waals surface area contributed by atoms with Crippen LogP contribution in [-0.4, -0.2) is 118 Å². The number of benzene rings is 2. The molecule has 0 aromatic heterocycles. The van der Waals surface area contributed by atoms with E-state index in [1.807, 2.05) is 36.1 Å². The highest BCUT2D eigenvalue weighted by Gasteiger charge is 2.35. The smallest absolute Gasteiger partial charge is 0.410 e. The first-order valence-electron chi connectivity index (χ1n) is 16.5. The minimum Gasteiger partial charge on any atom is -0.506 e. The number of piperidine rings is 1. The van der Waals surface area contributed by atoms with Crippen molar-refractivity contribution in [3.63, 3.8) is 0 Å². The van der Waals surface area contributed by atoms with Crippen molar-refractivity contribution in [1.29, 1.82) is 0 Å². The van der Waals surface area contributed by atoms with Crippen molar-refractivity contribution < 1.29 is 29.3 Å². The van der Waals surface area contributed by atoms with Gasteiger partial charge in [-0.2, -0.15) is 0 Å². The number of urea groups is 1. The van der Waals surface area contributed by atoms with Gasteiger partial charge in [-0.25, -0.2) is 9.59 Å². The number of amides is 4. The normalized spacial score (nSPS) is 20.3. The molecule has 0 radical (unpaired) electrons. The second-order valence-corrected chi connectivity index (χ2v) is 14.5. The number of carbonyl (C=O) groups excluding carboxylic acids is 3. The molecule has 3 atom stereocenters. The summed E-state index contributed by atoms with van der Waals surface area (Å²) in [4.78, 5) is 47.9. The maximum Gasteiger partial charge on any atom is 0.410 e. The molecule has 4 amide bonds. The summed E-state index contributed by atoms with van der Waals surface area (Å²) in [6, 6.07) is 11.4. The van der Waals surface area contributed by atoms with E-state index in [-0.39, 0.29) is 36.3 Å². The van der Waals surface area contributed by atoms with Crippen LogP contribution in [0, 0.1) is 0 Å². The number of anilines is 1. The van der Waals surface area contributed by atoms with E-state index in [4.69, 9.17) is 4.74 Å². The summed E-state index contributed by atoms with van der Waals surface area (Å²) in [5.41, 5.74) is 2.65. The van der Waals surface area contributed by atoms with E-state index in [2.05, 4.69) is 42.1 Å². The number of aromatic hydroxyl groups is 1. The average molecular weight is 780 g/mol. The quantitative estimate of drug-likeness (QED) is 0.303. The summed E-state index contributed by atoms with van der Waals surface area (Å²) < 4.78 is 6.88. The van der Waals surface area contributed by atoms with E-state index in [1.54, 1.807) is 24.1 Å². The van der Waals surface area contributed by atoms with Crippen LogP contribution in [0.2, 0.25) is 0 Å². The van der Waals surface area contributed by atoms with Crippen LogP contribution < -0.4 is 5.32 Å². The van der Waals surface area contributed by atoms with Crippen LogP contribution in [-0.2, 0) is 22.4 Å². The standard InChI is InChI=1S/C34H45Br2N5O6/c1-3-24(41-17-8-23-6-4-5-7-29(23)37-33(41)45)9-13-38(2)34(46)47-30(20-22-18-27(35)31(43)28(36)19-22)32(44)39-14-10-25(11-15-39)40-16-12-26(42)21-40/h4-7,18-19,24-26,30,42-43H,3,8-17,20-21H2,1-2H3,(H,37,45)/t24?,26-,30-/m1/s1. The van der Waals surface area contributed by atoms with E-state index in [0.717, 1.165) is 55.5 Å². The van der Waals surface area contributed by atoms with Crippen LogP contribution in [0.15, 0.2) is 45.3 Å². The van der Waals surface area contributed by atoms with Gasteiger partial charge in [0, 0.05) is 70.5 Å². The predicted molar refractivity (Wildman–Crippen MR) is 186 cm³/mol. The van der Waals surface area contributed by atoms with Gasteiger partial charge in [-0.3, -0.25) is 9.69 Å². The van der Waals surface area contributed by atoms with Gasteiger partial charge in [0.2, 0.25) is 0 Å². The fourth-order valence-corrected chi connectivity index (χ4v) is 8.13. The summed E-state index contributed by atoms with van der Waals surface area (Å²) >= 11 is 6.73. The molecule has 0 saturated carbocycles. The number of hydrogen-bond acceptors (Lipinski definition) is 7. The number of hydrogen-bond donors (Lipinski definition) is 3. The van der Waals surface area contributed by atoms with Gasteiger partial charge < -0.3 is 35.0 Å². The second kappa shape index (κ2) is 16.0. The predicted octanol–water partition coefficient (Wildman–Crippen LogP) is 5.21. The van der Waals surface area contributed by atoms with Crippen molar-refractivity contribution in [1.82, 2.24) is 19.6 Å². The van der Waals surface area contributed by atoms with Crippen molar-refractivity contribution in [3.8, 4) is 5.75 Å². The van der Waals surface area contributed by atoms with Gasteiger partial charge in [-0.15, -0.1) is 0 Å². The van der Waals surface area contributed by atoms with Crippen molar-refractivity contribution >= 4 is 55.6 Å². The molecular weight excluding hydrogens is 734 g/mol. The number of fused-ring (bicyclic) bond motifs is 1. The maximum atomic E-state index is 13.9. The van der Waals surface area contributed by atoms with Gasteiger partial charge in [-0.1, -0.05) is 25.1 Å². The Hall–Kier alpha value is -2.87. The molecule has 0 aliphatic carbocycles. The SMILES string of the molecule is CCC(CCN(C)C(=O)O[C@H](Cc1cc(Br)c(O)c(Br)c1)C(=O)N1CCC(N2CC[C@@H](O)C2)CC1)N1CCc2ccccc2NC1=O. The highest BCUT2D eigenvalue weighted by molar-refractivity contribution is 9.11. The first kappa shape index (κ1) is 35.4. The lowest BCUT2D eigenvalue weighted by atomic mass is 10.0. The molecule has 5 rings (SSSR count). The number of rotatable bonds is 10. The molecule has 256 valence electrons. The fourth-order valence-electron chi connectivity index (χ4n) is 6.85. The number of likely N-dealkylation sites (tertiary alicyclic amines) is 2. The molecule has 11 nitrogen and oxygen atoms in total. The van der Waals surface area contributed by atoms with Gasteiger partial charge >= 0.3 is 12.1 Å². The Morgan fingerprint density at radius 3 is 2.45 bits per heavy atom. The third-order valence-electron chi connectivity index (χ3n) is 9.67. The zero-order chi connectivity index (χ0) is 33.7. The molecule has 3 aliphatic heterocycles. The van der Waals surface area contributed by atoms with Crippen molar-refractivity contribution in [2.75, 3.05) is 51.6 Å². The molecule has 2 fully saturated rings. The van der Waals surface area contributed by atoms with E-state index < -0.39 is 12.2 Å². The zero-order valence-electron chi connectivity index (χ0n) is 27.0. The Balaban J connectivity index is 1.22. The van der Waals surface area contributed by atoms with Crippen LogP contribution in [0.3, 0.4) is 0 Å². The first-order valence-corrected chi connectivity index (χ1v) is 18.1. The molecule has 2 aromatic rings. The highest BCUT2D eigenvalue weighted by atomic mass is 79.9. The summed E-state index contributed by atoms with van der Waals surface area (Å²) in [5, 5.41) is 23.2. The molecule has 1 unspecified atom stereocenters. The topological polar surface area (TPSA) is 126 Å². The number of ether oxygens (including phenoxy) is 1. The number of aliphatic hydroxyl groups excluding tert-OH is 1. The largest absolute Gasteiger partial charge is 0.506 e. The second-order valence-electron chi connectivity index (χ2n) is 12.8. The highest BCUT2D eigenvalue weighted by Crippen LogP contribution is 2.34. The third kappa shape index (κ3) is 8.79. The van der Waals surface area contributed by atoms with Crippen LogP contribution in [0.5, 0.6) is 5.75 Å². The summed E-state index contributed by atoms with van der Waals surface area (Å²) in [7, 11) is 1.65. The number of carbonyl (C=O) groups is 3. The van der Waals surface area contributed by atoms with Gasteiger partial charge in [0.1, 0.15) is 5.75 Å². The molecule has 2 aromatic carbocycles. The van der Waals surface area contributed by atoms with E-state index >= 15 is 0 Å². The van der Waals surface area contributed by atoms with Crippen molar-refractivity contribution in [2.24, 2.45) is 0 Å². The lowest BCUT2D eigenvalue weighted by Gasteiger charge is -2.38. The summed E-state index contributed by atoms with van der Waals surface area (Å²) in [5.74, 6) is -0.200. The van der Waals surface area contributed by atoms with Crippen LogP contribution >= 0.6 is 31.9 Å². The van der Waals surface area contributed by atoms with Crippen molar-refractivity contribution in [2.45, 2.75) is 76.2 Å². The Labute approximate surface area is 293 Å². The zero-order valence-corrected chi connectivity index (χ0v) is 30.2. The fraction of sp³-hybridized carbons (Fsp3) is 0.559. The maximum absolute atomic E-state index is 13.9. The molecule has 0 spiro atoms. The van der Waals surface area contributed by atoms with Gasteiger partial charge in [-0.05, 0) is 99.7 Å². The molecular formula is C34H45Br2N5O6. The third-order valence-corrected chi connectivity index (χ3v) is 10.9. The first-order chi connectivity index (χ1) is 22.5. The molecule has 3 N–H and O–H groups in total. The molecule has 13 heteroatoms. The monoisotopic (exact) mass is 777 g/mol. The Morgan fingerprint density at radius 1 is 1.09 bits per heavy atom. The number of para-hydroxylation sites is 1. The van der Waals surface area contributed by atoms with Crippen LogP contribution in [0.1, 0.15) is 50.2 Å². The van der Waals surface area contributed by atoms with Gasteiger partial charge in [0.15, 0.2) is 6.10 Å². The Bertz CT molecular complexity index is 1410. The number of nitrogens with one attached hydrogen (secondary N) is 1. The lowest BCUT2D eigenvalue weighted by molar-refractivity contribution is -0.142. The Morgan fingerprint density at radius 2 is 1.79 bits per heavy atom. The molecule has 0 bridgehead atoms. The van der Waals surface area contributed by atoms with Crippen LogP contribution in [0.4, 0.5) is 15.3 Å². The molecule has 3 heterocycles. The summed E-state index contributed by atoms with van der Waals surface area (Å²) in [6.45, 7) is 5.59. The van der Waals surface area contributed by atoms with E-state index in [9.17, 15) is 24.6 Å². The number of nitrogens with zero attached hydrogens (tertiary/aromatic N) is 4. The Kier molecular flexibility index (Phi) is 12.1. The molecule has 2 saturated heterocycles. The van der Waals surface area contributed by atoms with Crippen LogP contribution in [0.25, 0.3) is 0 Å². The van der Waals surface area contributed by atoms with E-state index in [1.165, 1.54) is 4.90 Å². The lowest BCUT2D eigenvalue weighted by Crippen LogP contribution is -2.50. The number of β-amino-alcohol motifs (C(OH)–C–C–N with tert-alkyl or cyclic N) is 1. The minimum atomic E-state index is -1.06. The molecule has 3 aliphatic rings. The van der Waals surface area contributed by atoms with Gasteiger partial charge in [0.25, 0.3) is 5.91 Å². The average Bonchev–Trinajstić information content (AvgIpc) is 3.43. The van der Waals surface area contributed by atoms with Gasteiger partial charge in [0.05, 0.1) is 15.0 Å². The summed E-state index contributed by atoms with van der Waals surface area (Å²) in [6.07, 6.45) is 2.58. The minimum absolute atomic E-state index is 0.0508.